The van der Waals surface area contributed by atoms with Crippen LogP contribution in [0.3, 0.4) is 0 Å². The molecule has 0 aliphatic heterocycles. The summed E-state index contributed by atoms with van der Waals surface area (Å²) in [5.74, 6) is 0. The molecule has 0 aromatic carbocycles. The maximum atomic E-state index is 10.1. The molecular formula is C5H7FN2. The smallest absolute Gasteiger partial charge is 0.0919 e. The van der Waals surface area contributed by atoms with Crippen molar-refractivity contribution in [2.24, 2.45) is 0 Å². The Labute approximate surface area is 47.1 Å². The Morgan fingerprint density at radius 2 is 2.38 bits per heavy atom. The van der Waals surface area contributed by atoms with Crippen molar-refractivity contribution in [1.82, 2.24) is 9.97 Å². The lowest BCUT2D eigenvalue weighted by atomic mass is 11.0. The van der Waals surface area contributed by atoms with Gasteiger partial charge in [-0.25, -0.2) is 9.37 Å². The number of nitrogens with zero attached hydrogens (tertiary/aromatic N) is 1. The molecular weight excluding hydrogens is 107 g/mol. The lowest BCUT2D eigenvalue weighted by molar-refractivity contribution is 0.725. The van der Waals surface area contributed by atoms with Gasteiger partial charge in [0, 0.05) is 12.4 Å². The topological polar surface area (TPSA) is 28.7 Å². The molecule has 1 heterocycles. The minimum Gasteiger partial charge on any atom is -0.351 e. The molecule has 0 bridgehead atoms. The summed E-state index contributed by atoms with van der Waals surface area (Å²) in [7, 11) is 0. The third kappa shape index (κ3) is 4.88. The molecule has 0 saturated heterocycles. The summed E-state index contributed by atoms with van der Waals surface area (Å²) in [5, 5.41) is 0. The summed E-state index contributed by atoms with van der Waals surface area (Å²) < 4.78 is 10.1. The van der Waals surface area contributed by atoms with Gasteiger partial charge >= 0.3 is 0 Å². The molecule has 0 amide bonds. The Kier molecular flexibility index (Phi) is 5.06. The van der Waals surface area contributed by atoms with Gasteiger partial charge in [-0.05, 0) is 0 Å². The molecule has 3 heteroatoms. The third-order valence-corrected chi connectivity index (χ3v) is 0.406. The quantitative estimate of drug-likeness (QED) is 0.544. The molecule has 8 heavy (non-hydrogen) atoms. The summed E-state index contributed by atoms with van der Waals surface area (Å²) in [4.78, 5) is 6.42. The molecule has 0 radical (unpaired) electrons. The van der Waals surface area contributed by atoms with Crippen LogP contribution < -0.4 is 0 Å². The zero-order chi connectivity index (χ0) is 6.24. The lowest BCUT2D eigenvalue weighted by Crippen LogP contribution is -1.44. The van der Waals surface area contributed by atoms with Gasteiger partial charge in [-0.15, -0.1) is 0 Å². The van der Waals surface area contributed by atoms with Crippen molar-refractivity contribution >= 4 is 0 Å². The van der Waals surface area contributed by atoms with Crippen molar-refractivity contribution in [2.75, 3.05) is 0 Å². The van der Waals surface area contributed by atoms with Crippen LogP contribution in [0.25, 0.3) is 0 Å². The van der Waals surface area contributed by atoms with Crippen molar-refractivity contribution in [1.29, 1.82) is 0 Å². The van der Waals surface area contributed by atoms with E-state index in [1.54, 1.807) is 18.7 Å². The van der Waals surface area contributed by atoms with E-state index >= 15 is 0 Å². The van der Waals surface area contributed by atoms with E-state index in [0.717, 1.165) is 0 Å². The highest BCUT2D eigenvalue weighted by atomic mass is 19.1. The summed E-state index contributed by atoms with van der Waals surface area (Å²) in [5.41, 5.74) is 0. The number of hydrogen-bond acceptors (Lipinski definition) is 1. The number of rotatable bonds is 0. The first-order chi connectivity index (χ1) is 3.91. The fraction of sp³-hybridized carbons (Fsp3) is 0. The van der Waals surface area contributed by atoms with Crippen LogP contribution in [0, 0.1) is 0 Å². The molecule has 0 saturated carbocycles. The summed E-state index contributed by atoms with van der Waals surface area (Å²) >= 11 is 0. The van der Waals surface area contributed by atoms with E-state index < -0.39 is 0 Å². The molecule has 44 valence electrons. The van der Waals surface area contributed by atoms with Crippen molar-refractivity contribution in [2.45, 2.75) is 0 Å². The second kappa shape index (κ2) is 5.88. The molecule has 1 rings (SSSR count). The van der Waals surface area contributed by atoms with E-state index in [2.05, 4.69) is 16.5 Å². The first-order valence-corrected chi connectivity index (χ1v) is 2.05. The fourth-order valence-corrected chi connectivity index (χ4v) is 0.215. The number of halogens is 1. The molecule has 0 aliphatic carbocycles. The predicted octanol–water partition coefficient (Wildman–Crippen LogP) is 1.51. The number of hydrogen-bond donors (Lipinski definition) is 1. The van der Waals surface area contributed by atoms with E-state index in [1.807, 2.05) is 0 Å². The van der Waals surface area contributed by atoms with Gasteiger partial charge in [0.25, 0.3) is 0 Å². The van der Waals surface area contributed by atoms with Crippen molar-refractivity contribution < 1.29 is 4.39 Å². The average molecular weight is 114 g/mol. The number of H-pyrrole nitrogens is 1. The first-order valence-electron chi connectivity index (χ1n) is 2.05. The molecule has 1 aromatic rings. The van der Waals surface area contributed by atoms with Crippen LogP contribution in [0.1, 0.15) is 0 Å². The van der Waals surface area contributed by atoms with Gasteiger partial charge in [0.05, 0.1) is 12.7 Å². The number of nitrogens with one attached hydrogen (secondary N) is 1. The average Bonchev–Trinajstić information content (AvgIpc) is 2.17. The molecule has 0 spiro atoms. The van der Waals surface area contributed by atoms with Crippen LogP contribution in [-0.4, -0.2) is 9.97 Å². The maximum Gasteiger partial charge on any atom is 0.0919 e. The van der Waals surface area contributed by atoms with Crippen LogP contribution in [-0.2, 0) is 0 Å². The van der Waals surface area contributed by atoms with E-state index in [4.69, 9.17) is 0 Å². The number of aromatic amines is 1. The van der Waals surface area contributed by atoms with Gasteiger partial charge in [-0.3, -0.25) is 0 Å². The molecule has 0 fully saturated rings. The monoisotopic (exact) mass is 114 g/mol. The highest BCUT2D eigenvalue weighted by Crippen LogP contribution is 1.62. The Morgan fingerprint density at radius 1 is 1.75 bits per heavy atom. The normalized spacial score (nSPS) is 6.62. The highest BCUT2D eigenvalue weighted by molar-refractivity contribution is 4.64. The summed E-state index contributed by atoms with van der Waals surface area (Å²) in [6, 6.07) is 0. The molecule has 0 atom stereocenters. The summed E-state index contributed by atoms with van der Waals surface area (Å²) in [6.07, 6.45) is 5.33. The zero-order valence-corrected chi connectivity index (χ0v) is 4.34. The molecule has 0 aliphatic rings. The Hall–Kier alpha value is -1.12. The second-order valence-corrected chi connectivity index (χ2v) is 0.915. The first kappa shape index (κ1) is 6.88. The SMILES string of the molecule is C=CF.c1c[nH]cn1. The standard InChI is InChI=1S/C3H4N2.C2H3F/c1-2-5-3-4-1;1-2-3/h1-3H,(H,4,5);2H,1H2. The second-order valence-electron chi connectivity index (χ2n) is 0.915. The summed E-state index contributed by atoms with van der Waals surface area (Å²) in [6.45, 7) is 2.69. The largest absolute Gasteiger partial charge is 0.351 e. The third-order valence-electron chi connectivity index (χ3n) is 0.406. The molecule has 2 nitrogen and oxygen atoms in total. The van der Waals surface area contributed by atoms with Gasteiger partial charge < -0.3 is 4.98 Å². The van der Waals surface area contributed by atoms with E-state index in [9.17, 15) is 4.39 Å². The van der Waals surface area contributed by atoms with Gasteiger partial charge in [0.2, 0.25) is 0 Å². The maximum absolute atomic E-state index is 10.1. The van der Waals surface area contributed by atoms with E-state index in [0.29, 0.717) is 0 Å². The van der Waals surface area contributed by atoms with E-state index in [1.165, 1.54) is 0 Å². The minimum absolute atomic E-state index is 0.250. The van der Waals surface area contributed by atoms with E-state index in [-0.39, 0.29) is 6.33 Å². The lowest BCUT2D eigenvalue weighted by Gasteiger charge is -1.46. The zero-order valence-electron chi connectivity index (χ0n) is 4.34. The van der Waals surface area contributed by atoms with Crippen LogP contribution in [0.15, 0.2) is 31.6 Å². The molecule has 1 N–H and O–H groups in total. The number of aromatic nitrogens is 2. The van der Waals surface area contributed by atoms with Crippen LogP contribution in [0.2, 0.25) is 0 Å². The van der Waals surface area contributed by atoms with Crippen LogP contribution >= 0.6 is 0 Å². The fourth-order valence-electron chi connectivity index (χ4n) is 0.215. The minimum atomic E-state index is 0.250. The highest BCUT2D eigenvalue weighted by Gasteiger charge is 1.56. The number of imidazole rings is 1. The van der Waals surface area contributed by atoms with Crippen molar-refractivity contribution in [3.8, 4) is 0 Å². The van der Waals surface area contributed by atoms with Gasteiger partial charge in [0.1, 0.15) is 0 Å². The molecule has 0 unspecified atom stereocenters. The van der Waals surface area contributed by atoms with Crippen LogP contribution in [0.4, 0.5) is 4.39 Å². The Balaban J connectivity index is 0.000000145. The van der Waals surface area contributed by atoms with Crippen molar-refractivity contribution in [3.05, 3.63) is 31.6 Å². The van der Waals surface area contributed by atoms with Gasteiger partial charge in [-0.1, -0.05) is 6.58 Å². The van der Waals surface area contributed by atoms with Crippen molar-refractivity contribution in [3.63, 3.8) is 0 Å². The predicted molar refractivity (Wildman–Crippen MR) is 29.9 cm³/mol. The molecule has 1 aromatic heterocycles. The van der Waals surface area contributed by atoms with Gasteiger partial charge in [0.15, 0.2) is 0 Å². The van der Waals surface area contributed by atoms with Gasteiger partial charge in [-0.2, -0.15) is 0 Å². The Bertz CT molecular complexity index is 96.8. The van der Waals surface area contributed by atoms with Crippen LogP contribution in [0.5, 0.6) is 0 Å². The Morgan fingerprint density at radius 3 is 2.50 bits per heavy atom.